The summed E-state index contributed by atoms with van der Waals surface area (Å²) in [6, 6.07) is 0. The van der Waals surface area contributed by atoms with Crippen molar-refractivity contribution in [3.63, 3.8) is 0 Å². The highest BCUT2D eigenvalue weighted by Gasteiger charge is 2.69. The Kier molecular flexibility index (Phi) is 2.52. The van der Waals surface area contributed by atoms with E-state index in [9.17, 15) is 9.59 Å². The molecule has 2 bridgehead atoms. The predicted molar refractivity (Wildman–Crippen MR) is 71.3 cm³/mol. The van der Waals surface area contributed by atoms with E-state index in [4.69, 9.17) is 4.74 Å². The lowest BCUT2D eigenvalue weighted by molar-refractivity contribution is -0.152. The lowest BCUT2D eigenvalue weighted by atomic mass is 9.61. The van der Waals surface area contributed by atoms with Crippen LogP contribution in [0.25, 0.3) is 0 Å². The third-order valence-corrected chi connectivity index (χ3v) is 6.08. The first kappa shape index (κ1) is 12.9. The Balaban J connectivity index is 2.12. The quantitative estimate of drug-likeness (QED) is 0.539. The summed E-state index contributed by atoms with van der Waals surface area (Å²) >= 11 is 0. The van der Waals surface area contributed by atoms with Crippen LogP contribution in [0.15, 0.2) is 12.2 Å². The molecule has 0 unspecified atom stereocenters. The van der Waals surface area contributed by atoms with Gasteiger partial charge in [0.05, 0.1) is 13.0 Å². The molecule has 0 spiro atoms. The number of esters is 1. The zero-order chi connectivity index (χ0) is 14.0. The number of carbonyl (C=O) groups excluding carboxylic acids is 2. The molecule has 0 aliphatic heterocycles. The fourth-order valence-corrected chi connectivity index (χ4v) is 5.42. The first-order valence-electron chi connectivity index (χ1n) is 7.15. The Hall–Kier alpha value is -1.12. The Bertz CT molecular complexity index is 476. The van der Waals surface area contributed by atoms with Gasteiger partial charge in [-0.25, -0.2) is 0 Å². The second-order valence-corrected chi connectivity index (χ2v) is 7.18. The van der Waals surface area contributed by atoms with E-state index in [0.717, 1.165) is 19.3 Å². The number of ether oxygens (including phenoxy) is 1. The van der Waals surface area contributed by atoms with E-state index in [1.165, 1.54) is 7.11 Å². The van der Waals surface area contributed by atoms with E-state index < -0.39 is 0 Å². The van der Waals surface area contributed by atoms with Crippen molar-refractivity contribution in [1.82, 2.24) is 0 Å². The SMILES string of the molecule is C=C1C(=O)C[C@H]2[C@@H]3CC[C@H](C(=O)OC)[C@]12CC3(C)C. The van der Waals surface area contributed by atoms with Crippen molar-refractivity contribution in [3.05, 3.63) is 12.2 Å². The summed E-state index contributed by atoms with van der Waals surface area (Å²) < 4.78 is 5.00. The molecule has 3 nitrogen and oxygen atoms in total. The number of rotatable bonds is 1. The van der Waals surface area contributed by atoms with Crippen LogP contribution >= 0.6 is 0 Å². The van der Waals surface area contributed by atoms with Crippen LogP contribution in [0.3, 0.4) is 0 Å². The van der Waals surface area contributed by atoms with Crippen LogP contribution in [0.1, 0.15) is 39.5 Å². The molecule has 3 fully saturated rings. The number of ketones is 1. The Morgan fingerprint density at radius 1 is 1.32 bits per heavy atom. The highest BCUT2D eigenvalue weighted by atomic mass is 16.5. The molecule has 3 aliphatic carbocycles. The first-order valence-corrected chi connectivity index (χ1v) is 7.15. The zero-order valence-corrected chi connectivity index (χ0v) is 12.0. The number of allylic oxidation sites excluding steroid dienone is 1. The van der Waals surface area contributed by atoms with Gasteiger partial charge in [0, 0.05) is 11.8 Å². The molecular weight excluding hydrogens is 240 g/mol. The number of Topliss-reactive ketones (excluding diaryl/α,β-unsaturated/α-hetero) is 1. The number of carbonyl (C=O) groups is 2. The summed E-state index contributed by atoms with van der Waals surface area (Å²) in [7, 11) is 1.44. The Labute approximate surface area is 114 Å². The minimum absolute atomic E-state index is 0.156. The van der Waals surface area contributed by atoms with Crippen molar-refractivity contribution in [1.29, 1.82) is 0 Å². The highest BCUT2D eigenvalue weighted by molar-refractivity contribution is 6.00. The summed E-state index contributed by atoms with van der Waals surface area (Å²) in [5.74, 6) is 0.690. The van der Waals surface area contributed by atoms with Crippen molar-refractivity contribution < 1.29 is 14.3 Å². The molecule has 3 heteroatoms. The third kappa shape index (κ3) is 1.39. The maximum atomic E-state index is 12.2. The van der Waals surface area contributed by atoms with Crippen molar-refractivity contribution >= 4 is 11.8 Å². The maximum absolute atomic E-state index is 12.2. The number of hydrogen-bond donors (Lipinski definition) is 0. The standard InChI is InChI=1S/C16H22O3/c1-9-13(17)7-12-10-5-6-11(14(18)19-4)16(9,12)8-15(10,2)3/h10-12H,1,5-8H2,2-4H3/t10-,11+,12-,16-/m0/s1. The van der Waals surface area contributed by atoms with Gasteiger partial charge in [-0.3, -0.25) is 9.59 Å². The predicted octanol–water partition coefficient (Wildman–Crippen LogP) is 2.75. The molecule has 0 saturated heterocycles. The van der Waals surface area contributed by atoms with Gasteiger partial charge < -0.3 is 4.74 Å². The Morgan fingerprint density at radius 3 is 2.63 bits per heavy atom. The van der Waals surface area contributed by atoms with Crippen LogP contribution in [-0.2, 0) is 14.3 Å². The second kappa shape index (κ2) is 3.71. The molecule has 104 valence electrons. The molecule has 3 aliphatic rings. The topological polar surface area (TPSA) is 43.4 Å². The van der Waals surface area contributed by atoms with Crippen molar-refractivity contribution in [3.8, 4) is 0 Å². The molecule has 4 atom stereocenters. The second-order valence-electron chi connectivity index (χ2n) is 7.18. The molecule has 0 aromatic heterocycles. The average Bonchev–Trinajstić information content (AvgIpc) is 2.67. The summed E-state index contributed by atoms with van der Waals surface area (Å²) in [5.41, 5.74) is 0.580. The van der Waals surface area contributed by atoms with Gasteiger partial charge >= 0.3 is 5.97 Å². The molecule has 3 rings (SSSR count). The zero-order valence-electron chi connectivity index (χ0n) is 12.0. The van der Waals surface area contributed by atoms with Gasteiger partial charge in [-0.15, -0.1) is 0 Å². The van der Waals surface area contributed by atoms with Gasteiger partial charge in [-0.1, -0.05) is 20.4 Å². The van der Waals surface area contributed by atoms with Gasteiger partial charge in [0.15, 0.2) is 5.78 Å². The normalized spacial score (nSPS) is 43.2. The largest absolute Gasteiger partial charge is 0.469 e. The molecular formula is C16H22O3. The summed E-state index contributed by atoms with van der Waals surface area (Å²) in [6.07, 6.45) is 3.35. The molecule has 0 heterocycles. The van der Waals surface area contributed by atoms with Gasteiger partial charge in [0.25, 0.3) is 0 Å². The van der Waals surface area contributed by atoms with Crippen molar-refractivity contribution in [2.45, 2.75) is 39.5 Å². The van der Waals surface area contributed by atoms with Crippen molar-refractivity contribution in [2.24, 2.45) is 28.6 Å². The minimum atomic E-state index is -0.309. The van der Waals surface area contributed by atoms with E-state index in [2.05, 4.69) is 20.4 Å². The minimum Gasteiger partial charge on any atom is -0.469 e. The lowest BCUT2D eigenvalue weighted by Crippen LogP contribution is -2.42. The molecule has 0 aromatic rings. The van der Waals surface area contributed by atoms with Crippen LogP contribution in [0.5, 0.6) is 0 Å². The molecule has 0 N–H and O–H groups in total. The highest BCUT2D eigenvalue weighted by Crippen LogP contribution is 2.71. The smallest absolute Gasteiger partial charge is 0.309 e. The van der Waals surface area contributed by atoms with E-state index in [-0.39, 0.29) is 28.5 Å². The van der Waals surface area contributed by atoms with Crippen LogP contribution < -0.4 is 0 Å². The summed E-state index contributed by atoms with van der Waals surface area (Å²) in [4.78, 5) is 24.3. The monoisotopic (exact) mass is 262 g/mol. The van der Waals surface area contributed by atoms with Crippen LogP contribution in [0.4, 0.5) is 0 Å². The fraction of sp³-hybridized carbons (Fsp3) is 0.750. The Morgan fingerprint density at radius 2 is 2.00 bits per heavy atom. The summed E-state index contributed by atoms with van der Waals surface area (Å²) in [6.45, 7) is 8.61. The molecule has 19 heavy (non-hydrogen) atoms. The van der Waals surface area contributed by atoms with Crippen LogP contribution in [0, 0.1) is 28.6 Å². The van der Waals surface area contributed by atoms with E-state index in [1.54, 1.807) is 0 Å². The lowest BCUT2D eigenvalue weighted by Gasteiger charge is -2.41. The van der Waals surface area contributed by atoms with Crippen molar-refractivity contribution in [2.75, 3.05) is 7.11 Å². The maximum Gasteiger partial charge on any atom is 0.309 e. The average molecular weight is 262 g/mol. The molecule has 0 radical (unpaired) electrons. The molecule has 3 saturated carbocycles. The van der Waals surface area contributed by atoms with E-state index >= 15 is 0 Å². The molecule has 0 aromatic carbocycles. The first-order chi connectivity index (χ1) is 8.84. The molecule has 0 amide bonds. The van der Waals surface area contributed by atoms with E-state index in [1.807, 2.05) is 0 Å². The van der Waals surface area contributed by atoms with Gasteiger partial charge in [0.2, 0.25) is 0 Å². The van der Waals surface area contributed by atoms with Crippen LogP contribution in [0.2, 0.25) is 0 Å². The van der Waals surface area contributed by atoms with Gasteiger partial charge in [0.1, 0.15) is 0 Å². The van der Waals surface area contributed by atoms with Gasteiger partial charge in [-0.2, -0.15) is 0 Å². The van der Waals surface area contributed by atoms with Gasteiger partial charge in [-0.05, 0) is 42.1 Å². The number of hydrogen-bond acceptors (Lipinski definition) is 3. The summed E-state index contributed by atoms with van der Waals surface area (Å²) in [5, 5.41) is 0. The van der Waals surface area contributed by atoms with Crippen LogP contribution in [-0.4, -0.2) is 18.9 Å². The fourth-order valence-electron chi connectivity index (χ4n) is 5.42. The number of methoxy groups -OCH3 is 1. The third-order valence-electron chi connectivity index (χ3n) is 6.08. The van der Waals surface area contributed by atoms with E-state index in [0.29, 0.717) is 23.8 Å².